The Morgan fingerprint density at radius 2 is 2.19 bits per heavy atom. The van der Waals surface area contributed by atoms with Gasteiger partial charge in [0.2, 0.25) is 0 Å². The Kier molecular flexibility index (Phi) is 3.62. The van der Waals surface area contributed by atoms with E-state index in [1.807, 2.05) is 11.5 Å². The molecule has 0 atom stereocenters. The number of fused-ring (bicyclic) bond motifs is 1. The number of nitrogens with one attached hydrogen (secondary N) is 2. The zero-order chi connectivity index (χ0) is 15.0. The van der Waals surface area contributed by atoms with Crippen molar-refractivity contribution in [2.45, 2.75) is 33.4 Å². The van der Waals surface area contributed by atoms with Gasteiger partial charge in [-0.1, -0.05) is 0 Å². The molecule has 0 aromatic carbocycles. The molecule has 21 heavy (non-hydrogen) atoms. The molecule has 3 rings (SSSR count). The summed E-state index contributed by atoms with van der Waals surface area (Å²) in [7, 11) is 0. The minimum absolute atomic E-state index is 0.305. The first-order valence-electron chi connectivity index (χ1n) is 6.69. The van der Waals surface area contributed by atoms with E-state index in [2.05, 4.69) is 60.2 Å². The second-order valence-electron chi connectivity index (χ2n) is 5.09. The average Bonchev–Trinajstić information content (AvgIpc) is 3.02. The third-order valence-electron chi connectivity index (χ3n) is 3.19. The van der Waals surface area contributed by atoms with Crippen molar-refractivity contribution >= 4 is 32.9 Å². The molecule has 3 heterocycles. The van der Waals surface area contributed by atoms with Crippen molar-refractivity contribution in [3.8, 4) is 0 Å². The van der Waals surface area contributed by atoms with Crippen molar-refractivity contribution < 1.29 is 0 Å². The summed E-state index contributed by atoms with van der Waals surface area (Å²) in [6, 6.07) is 0.305. The van der Waals surface area contributed by atoms with Crippen LogP contribution in [-0.4, -0.2) is 29.7 Å². The van der Waals surface area contributed by atoms with Crippen LogP contribution in [0.2, 0.25) is 0 Å². The van der Waals surface area contributed by atoms with Crippen LogP contribution in [0, 0.1) is 6.92 Å². The Balaban J connectivity index is 1.96. The van der Waals surface area contributed by atoms with Crippen molar-refractivity contribution in [3.05, 3.63) is 28.5 Å². The molecule has 0 spiro atoms. The summed E-state index contributed by atoms with van der Waals surface area (Å²) in [6.45, 7) is 6.68. The molecule has 3 aromatic heterocycles. The van der Waals surface area contributed by atoms with E-state index in [0.29, 0.717) is 12.6 Å². The molecule has 7 nitrogen and oxygen atoms in total. The highest BCUT2D eigenvalue weighted by atomic mass is 79.9. The maximum atomic E-state index is 4.50. The van der Waals surface area contributed by atoms with Crippen molar-refractivity contribution in [3.63, 3.8) is 0 Å². The molecule has 0 radical (unpaired) electrons. The predicted octanol–water partition coefficient (Wildman–Crippen LogP) is 2.81. The molecule has 0 aliphatic rings. The highest BCUT2D eigenvalue weighted by Gasteiger charge is 2.13. The van der Waals surface area contributed by atoms with E-state index in [0.717, 1.165) is 33.0 Å². The number of anilines is 1. The Hall–Kier alpha value is -1.96. The lowest BCUT2D eigenvalue weighted by Gasteiger charge is -2.09. The fraction of sp³-hybridized carbons (Fsp3) is 0.385. The van der Waals surface area contributed by atoms with Gasteiger partial charge in [-0.25, -0.2) is 15.0 Å². The van der Waals surface area contributed by atoms with Gasteiger partial charge in [0.25, 0.3) is 0 Å². The van der Waals surface area contributed by atoms with Gasteiger partial charge in [0, 0.05) is 6.04 Å². The number of rotatable bonds is 4. The largest absolute Gasteiger partial charge is 0.362 e. The number of aromatic nitrogens is 6. The second-order valence-corrected chi connectivity index (χ2v) is 5.94. The number of aromatic amines is 1. The van der Waals surface area contributed by atoms with Crippen molar-refractivity contribution in [1.29, 1.82) is 0 Å². The van der Waals surface area contributed by atoms with Crippen LogP contribution in [0.1, 0.15) is 31.4 Å². The maximum absolute atomic E-state index is 4.50. The lowest BCUT2D eigenvalue weighted by molar-refractivity contribution is 0.612. The van der Waals surface area contributed by atoms with Crippen LogP contribution in [0.3, 0.4) is 0 Å². The number of aryl methyl sites for hydroxylation is 1. The zero-order valence-electron chi connectivity index (χ0n) is 12.1. The fourth-order valence-electron chi connectivity index (χ4n) is 2.12. The summed E-state index contributed by atoms with van der Waals surface area (Å²) in [4.78, 5) is 13.4. The topological polar surface area (TPSA) is 84.3 Å². The maximum Gasteiger partial charge on any atom is 0.165 e. The van der Waals surface area contributed by atoms with Crippen LogP contribution >= 0.6 is 15.9 Å². The number of imidazole rings is 1. The molecular weight excluding hydrogens is 334 g/mol. The van der Waals surface area contributed by atoms with Gasteiger partial charge < -0.3 is 9.88 Å². The summed E-state index contributed by atoms with van der Waals surface area (Å²) in [5.74, 6) is 1.45. The molecule has 0 unspecified atom stereocenters. The minimum Gasteiger partial charge on any atom is -0.362 e. The summed E-state index contributed by atoms with van der Waals surface area (Å²) in [5.41, 5.74) is 2.59. The Morgan fingerprint density at radius 3 is 2.86 bits per heavy atom. The van der Waals surface area contributed by atoms with E-state index in [-0.39, 0.29) is 0 Å². The van der Waals surface area contributed by atoms with Gasteiger partial charge in [0.05, 0.1) is 29.2 Å². The molecule has 8 heteroatoms. The number of H-pyrrole nitrogens is 1. The highest BCUT2D eigenvalue weighted by molar-refractivity contribution is 9.10. The number of nitrogens with zero attached hydrogens (tertiary/aromatic N) is 5. The van der Waals surface area contributed by atoms with E-state index >= 15 is 0 Å². The van der Waals surface area contributed by atoms with Crippen LogP contribution in [0.25, 0.3) is 11.2 Å². The van der Waals surface area contributed by atoms with Crippen molar-refractivity contribution in [1.82, 2.24) is 29.7 Å². The SMILES string of the molecule is Cc1nc(NCc2[nH]ncc2Br)c2ncn(C(C)C)c2n1. The number of hydrogen-bond acceptors (Lipinski definition) is 5. The van der Waals surface area contributed by atoms with Gasteiger partial charge in [-0.2, -0.15) is 5.10 Å². The van der Waals surface area contributed by atoms with E-state index < -0.39 is 0 Å². The third kappa shape index (κ3) is 2.63. The normalized spacial score (nSPS) is 11.5. The summed E-state index contributed by atoms with van der Waals surface area (Å²) >= 11 is 3.44. The standard InChI is InChI=1S/C13H16BrN7/c1-7(2)21-6-16-11-12(18-8(3)19-13(11)21)15-5-10-9(14)4-17-20-10/h4,6-7H,5H2,1-3H3,(H,17,20)(H,15,18,19). The van der Waals surface area contributed by atoms with E-state index in [1.54, 1.807) is 12.5 Å². The second kappa shape index (κ2) is 5.44. The molecule has 0 saturated carbocycles. The van der Waals surface area contributed by atoms with Crippen molar-refractivity contribution in [2.24, 2.45) is 0 Å². The van der Waals surface area contributed by atoms with Crippen LogP contribution in [0.4, 0.5) is 5.82 Å². The first-order chi connectivity index (χ1) is 10.1. The molecular formula is C13H16BrN7. The molecule has 0 amide bonds. The van der Waals surface area contributed by atoms with Gasteiger partial charge >= 0.3 is 0 Å². The first kappa shape index (κ1) is 14.0. The van der Waals surface area contributed by atoms with E-state index in [1.165, 1.54) is 0 Å². The third-order valence-corrected chi connectivity index (χ3v) is 3.87. The zero-order valence-corrected chi connectivity index (χ0v) is 13.6. The van der Waals surface area contributed by atoms with Crippen molar-refractivity contribution in [2.75, 3.05) is 5.32 Å². The summed E-state index contributed by atoms with van der Waals surface area (Å²) in [5, 5.41) is 10.2. The molecule has 0 saturated heterocycles. The van der Waals surface area contributed by atoms with E-state index in [4.69, 9.17) is 0 Å². The molecule has 0 aliphatic carbocycles. The lowest BCUT2D eigenvalue weighted by atomic mass is 10.3. The smallest absolute Gasteiger partial charge is 0.165 e. The van der Waals surface area contributed by atoms with Crippen LogP contribution in [0.15, 0.2) is 17.0 Å². The molecule has 0 fully saturated rings. The van der Waals surface area contributed by atoms with Gasteiger partial charge in [0.15, 0.2) is 11.5 Å². The number of hydrogen-bond donors (Lipinski definition) is 2. The Bertz CT molecular complexity index is 774. The minimum atomic E-state index is 0.305. The first-order valence-corrected chi connectivity index (χ1v) is 7.48. The van der Waals surface area contributed by atoms with E-state index in [9.17, 15) is 0 Å². The molecule has 110 valence electrons. The summed E-state index contributed by atoms with van der Waals surface area (Å²) < 4.78 is 2.98. The van der Waals surface area contributed by atoms with Crippen LogP contribution < -0.4 is 5.32 Å². The quantitative estimate of drug-likeness (QED) is 0.756. The van der Waals surface area contributed by atoms with Gasteiger partial charge in [-0.15, -0.1) is 0 Å². The average molecular weight is 350 g/mol. The Labute approximate surface area is 130 Å². The van der Waals surface area contributed by atoms with Crippen LogP contribution in [-0.2, 0) is 6.54 Å². The molecule has 0 aliphatic heterocycles. The molecule has 0 bridgehead atoms. The monoisotopic (exact) mass is 349 g/mol. The fourth-order valence-corrected chi connectivity index (χ4v) is 2.45. The lowest BCUT2D eigenvalue weighted by Crippen LogP contribution is -2.06. The summed E-state index contributed by atoms with van der Waals surface area (Å²) in [6.07, 6.45) is 3.53. The number of halogens is 1. The van der Waals surface area contributed by atoms with Crippen LogP contribution in [0.5, 0.6) is 0 Å². The van der Waals surface area contributed by atoms with Gasteiger partial charge in [-0.05, 0) is 36.7 Å². The molecule has 3 aromatic rings. The molecule has 2 N–H and O–H groups in total. The van der Waals surface area contributed by atoms with Gasteiger partial charge in [-0.3, -0.25) is 5.10 Å². The Morgan fingerprint density at radius 1 is 1.38 bits per heavy atom. The van der Waals surface area contributed by atoms with Gasteiger partial charge in [0.1, 0.15) is 11.3 Å². The predicted molar refractivity (Wildman–Crippen MR) is 84.1 cm³/mol. The highest BCUT2D eigenvalue weighted by Crippen LogP contribution is 2.22.